The van der Waals surface area contributed by atoms with Gasteiger partial charge in [0, 0.05) is 6.54 Å². The van der Waals surface area contributed by atoms with Gasteiger partial charge in [-0.2, -0.15) is 13.2 Å². The van der Waals surface area contributed by atoms with Crippen molar-refractivity contribution in [2.24, 2.45) is 5.14 Å². The number of rotatable bonds is 3. The lowest BCUT2D eigenvalue weighted by Crippen LogP contribution is -2.20. The predicted octanol–water partition coefficient (Wildman–Crippen LogP) is 1.41. The Bertz CT molecular complexity index is 539. The standard InChI is InChI=1S/C10H13F3N2O2S/c1-15(2)6-7-3-4-9(18(14,16)17)8(5-7)10(11,12)13/h3-5H,6H2,1-2H3,(H2,14,16,17). The fraction of sp³-hybridized carbons (Fsp3) is 0.400. The summed E-state index contributed by atoms with van der Waals surface area (Å²) >= 11 is 0. The molecule has 0 aromatic heterocycles. The Hall–Kier alpha value is -1.12. The van der Waals surface area contributed by atoms with Gasteiger partial charge in [-0.05, 0) is 31.8 Å². The molecule has 0 aliphatic rings. The van der Waals surface area contributed by atoms with Crippen LogP contribution in [0.4, 0.5) is 13.2 Å². The second kappa shape index (κ2) is 4.87. The SMILES string of the molecule is CN(C)Cc1ccc(S(N)(=O)=O)c(C(F)(F)F)c1. The van der Waals surface area contributed by atoms with Gasteiger partial charge in [0.25, 0.3) is 0 Å². The molecule has 102 valence electrons. The second-order valence-corrected chi connectivity index (χ2v) is 5.64. The summed E-state index contributed by atoms with van der Waals surface area (Å²) in [5.74, 6) is 0. The summed E-state index contributed by atoms with van der Waals surface area (Å²) in [5.41, 5.74) is -0.871. The van der Waals surface area contributed by atoms with Crippen molar-refractivity contribution in [2.75, 3.05) is 14.1 Å². The number of nitrogens with two attached hydrogens (primary N) is 1. The summed E-state index contributed by atoms with van der Waals surface area (Å²) < 4.78 is 60.5. The van der Waals surface area contributed by atoms with Crippen LogP contribution in [0, 0.1) is 0 Å². The van der Waals surface area contributed by atoms with Gasteiger partial charge in [-0.15, -0.1) is 0 Å². The van der Waals surface area contributed by atoms with E-state index in [0.717, 1.165) is 12.1 Å². The van der Waals surface area contributed by atoms with Crippen LogP contribution in [0.2, 0.25) is 0 Å². The number of benzene rings is 1. The largest absolute Gasteiger partial charge is 0.417 e. The van der Waals surface area contributed by atoms with Crippen molar-refractivity contribution in [2.45, 2.75) is 17.6 Å². The van der Waals surface area contributed by atoms with E-state index < -0.39 is 26.7 Å². The van der Waals surface area contributed by atoms with Gasteiger partial charge in [0.2, 0.25) is 10.0 Å². The molecule has 2 N–H and O–H groups in total. The molecule has 1 aromatic rings. The third-order valence-electron chi connectivity index (χ3n) is 2.15. The van der Waals surface area contributed by atoms with Crippen LogP contribution in [-0.2, 0) is 22.7 Å². The summed E-state index contributed by atoms with van der Waals surface area (Å²) in [6, 6.07) is 3.01. The van der Waals surface area contributed by atoms with Crippen LogP contribution in [0.3, 0.4) is 0 Å². The van der Waals surface area contributed by atoms with Crippen molar-refractivity contribution in [3.05, 3.63) is 29.3 Å². The number of hydrogen-bond donors (Lipinski definition) is 1. The van der Waals surface area contributed by atoms with E-state index in [1.807, 2.05) is 0 Å². The lowest BCUT2D eigenvalue weighted by Gasteiger charge is -2.15. The molecule has 0 amide bonds. The van der Waals surface area contributed by atoms with Crippen LogP contribution in [0.1, 0.15) is 11.1 Å². The van der Waals surface area contributed by atoms with Crippen molar-refractivity contribution in [1.29, 1.82) is 0 Å². The number of alkyl halides is 3. The van der Waals surface area contributed by atoms with E-state index in [1.165, 1.54) is 6.07 Å². The molecule has 0 bridgehead atoms. The third kappa shape index (κ3) is 3.69. The third-order valence-corrected chi connectivity index (χ3v) is 3.12. The van der Waals surface area contributed by atoms with E-state index in [9.17, 15) is 21.6 Å². The van der Waals surface area contributed by atoms with Crippen LogP contribution in [0.25, 0.3) is 0 Å². The molecule has 0 heterocycles. The molecular formula is C10H13F3N2O2S. The van der Waals surface area contributed by atoms with Gasteiger partial charge in [-0.3, -0.25) is 0 Å². The van der Waals surface area contributed by atoms with Crippen LogP contribution in [-0.4, -0.2) is 27.4 Å². The first kappa shape index (κ1) is 14.9. The molecule has 0 spiro atoms. The first-order chi connectivity index (χ1) is 8.01. The molecule has 0 saturated heterocycles. The van der Waals surface area contributed by atoms with E-state index in [2.05, 4.69) is 0 Å². The zero-order valence-electron chi connectivity index (χ0n) is 9.82. The molecule has 0 atom stereocenters. The minimum atomic E-state index is -4.76. The topological polar surface area (TPSA) is 63.4 Å². The molecule has 8 heteroatoms. The molecule has 0 aliphatic heterocycles. The maximum Gasteiger partial charge on any atom is 0.417 e. The first-order valence-corrected chi connectivity index (χ1v) is 6.44. The summed E-state index contributed by atoms with van der Waals surface area (Å²) in [6.45, 7) is 0.272. The molecule has 0 saturated carbocycles. The Labute approximate surface area is 103 Å². The van der Waals surface area contributed by atoms with Gasteiger partial charge in [0.1, 0.15) is 0 Å². The Balaban J connectivity index is 3.40. The van der Waals surface area contributed by atoms with Crippen molar-refractivity contribution in [3.63, 3.8) is 0 Å². The molecular weight excluding hydrogens is 269 g/mol. The van der Waals surface area contributed by atoms with Crippen molar-refractivity contribution in [3.8, 4) is 0 Å². The van der Waals surface area contributed by atoms with Gasteiger partial charge < -0.3 is 4.90 Å². The highest BCUT2D eigenvalue weighted by Crippen LogP contribution is 2.34. The van der Waals surface area contributed by atoms with Crippen LogP contribution in [0.5, 0.6) is 0 Å². The van der Waals surface area contributed by atoms with E-state index >= 15 is 0 Å². The quantitative estimate of drug-likeness (QED) is 0.911. The zero-order valence-corrected chi connectivity index (χ0v) is 10.6. The molecule has 0 unspecified atom stereocenters. The zero-order chi connectivity index (χ0) is 14.1. The van der Waals surface area contributed by atoms with Crippen molar-refractivity contribution < 1.29 is 21.6 Å². The fourth-order valence-electron chi connectivity index (χ4n) is 1.51. The van der Waals surface area contributed by atoms with Gasteiger partial charge in [0.05, 0.1) is 10.5 Å². The maximum atomic E-state index is 12.8. The highest BCUT2D eigenvalue weighted by Gasteiger charge is 2.36. The highest BCUT2D eigenvalue weighted by atomic mass is 32.2. The second-order valence-electron chi connectivity index (χ2n) is 4.11. The molecule has 0 aliphatic carbocycles. The molecule has 1 rings (SSSR count). The summed E-state index contributed by atoms with van der Waals surface area (Å²) in [4.78, 5) is 0.768. The molecule has 4 nitrogen and oxygen atoms in total. The number of primary sulfonamides is 1. The normalized spacial score (nSPS) is 13.1. The summed E-state index contributed by atoms with van der Waals surface area (Å²) in [7, 11) is -1.00. The van der Waals surface area contributed by atoms with Gasteiger partial charge in [-0.25, -0.2) is 13.6 Å². The number of sulfonamides is 1. The van der Waals surface area contributed by atoms with Gasteiger partial charge in [0.15, 0.2) is 0 Å². The maximum absolute atomic E-state index is 12.8. The highest BCUT2D eigenvalue weighted by molar-refractivity contribution is 7.89. The lowest BCUT2D eigenvalue weighted by atomic mass is 10.1. The number of hydrogen-bond acceptors (Lipinski definition) is 3. The van der Waals surface area contributed by atoms with E-state index in [1.54, 1.807) is 19.0 Å². The molecule has 0 fully saturated rings. The number of halogens is 3. The molecule has 1 aromatic carbocycles. The van der Waals surface area contributed by atoms with Crippen LogP contribution >= 0.6 is 0 Å². The smallest absolute Gasteiger partial charge is 0.305 e. The average molecular weight is 282 g/mol. The summed E-state index contributed by atoms with van der Waals surface area (Å²) in [6.07, 6.45) is -4.76. The predicted molar refractivity (Wildman–Crippen MR) is 60.2 cm³/mol. The average Bonchev–Trinajstić information content (AvgIpc) is 2.13. The molecule has 18 heavy (non-hydrogen) atoms. The minimum Gasteiger partial charge on any atom is -0.305 e. The minimum absolute atomic E-state index is 0.272. The van der Waals surface area contributed by atoms with E-state index in [4.69, 9.17) is 5.14 Å². The van der Waals surface area contributed by atoms with E-state index in [0.29, 0.717) is 5.56 Å². The first-order valence-electron chi connectivity index (χ1n) is 4.89. The van der Waals surface area contributed by atoms with Crippen molar-refractivity contribution >= 4 is 10.0 Å². The van der Waals surface area contributed by atoms with E-state index in [-0.39, 0.29) is 6.54 Å². The summed E-state index contributed by atoms with van der Waals surface area (Å²) in [5, 5.41) is 4.77. The molecule has 0 radical (unpaired) electrons. The van der Waals surface area contributed by atoms with Gasteiger partial charge >= 0.3 is 6.18 Å². The Morgan fingerprint density at radius 1 is 1.28 bits per heavy atom. The number of nitrogens with zero attached hydrogens (tertiary/aromatic N) is 1. The Kier molecular flexibility index (Phi) is 4.04. The van der Waals surface area contributed by atoms with Gasteiger partial charge in [-0.1, -0.05) is 6.07 Å². The fourth-order valence-corrected chi connectivity index (χ4v) is 2.25. The monoisotopic (exact) mass is 282 g/mol. The van der Waals surface area contributed by atoms with Crippen molar-refractivity contribution in [1.82, 2.24) is 4.90 Å². The lowest BCUT2D eigenvalue weighted by molar-refractivity contribution is -0.139. The van der Waals surface area contributed by atoms with Crippen LogP contribution < -0.4 is 5.14 Å². The van der Waals surface area contributed by atoms with Crippen LogP contribution in [0.15, 0.2) is 23.1 Å². The Morgan fingerprint density at radius 3 is 2.22 bits per heavy atom. The Morgan fingerprint density at radius 2 is 1.83 bits per heavy atom.